The van der Waals surface area contributed by atoms with Gasteiger partial charge in [-0.3, -0.25) is 4.79 Å². The van der Waals surface area contributed by atoms with Crippen molar-refractivity contribution in [2.75, 3.05) is 30.5 Å². The highest BCUT2D eigenvalue weighted by Crippen LogP contribution is 2.29. The summed E-state index contributed by atoms with van der Waals surface area (Å²) in [5.74, 6) is -0.0709. The van der Waals surface area contributed by atoms with E-state index in [4.69, 9.17) is 26.8 Å². The first-order valence-electron chi connectivity index (χ1n) is 7.55. The van der Waals surface area contributed by atoms with Crippen LogP contribution in [0.1, 0.15) is 12.8 Å². The maximum Gasteiger partial charge on any atom is 0.253 e. The van der Waals surface area contributed by atoms with Gasteiger partial charge >= 0.3 is 0 Å². The number of nitrogens with one attached hydrogen (secondary N) is 1. The van der Waals surface area contributed by atoms with Crippen LogP contribution in [0.2, 0.25) is 5.02 Å². The van der Waals surface area contributed by atoms with Crippen molar-refractivity contribution in [3.63, 3.8) is 0 Å². The number of carbonyl (C=O) groups is 1. The van der Waals surface area contributed by atoms with Gasteiger partial charge < -0.3 is 20.5 Å². The van der Waals surface area contributed by atoms with Gasteiger partial charge in [0.15, 0.2) is 9.84 Å². The number of hydrogen-bond donors (Lipinski definition) is 2. The van der Waals surface area contributed by atoms with E-state index < -0.39 is 15.9 Å². The minimum absolute atomic E-state index is 0.0154. The highest BCUT2D eigenvalue weighted by atomic mass is 35.5. The lowest BCUT2D eigenvalue weighted by molar-refractivity contribution is -0.126. The van der Waals surface area contributed by atoms with Crippen molar-refractivity contribution < 1.29 is 22.7 Å². The molecule has 134 valence electrons. The van der Waals surface area contributed by atoms with Gasteiger partial charge in [0.25, 0.3) is 5.91 Å². The minimum Gasteiger partial charge on any atom is -0.490 e. The predicted molar refractivity (Wildman–Crippen MR) is 92.2 cm³/mol. The molecule has 2 rings (SSSR count). The number of nitrogens with two attached hydrogens (primary N) is 1. The molecule has 2 atom stereocenters. The number of hydrogen-bond acceptors (Lipinski definition) is 6. The molecule has 0 aliphatic carbocycles. The van der Waals surface area contributed by atoms with Gasteiger partial charge in [0.05, 0.1) is 17.5 Å². The number of halogens is 1. The number of carbonyl (C=O) groups excluding carboxylic acids is 1. The molecule has 1 aromatic carbocycles. The van der Waals surface area contributed by atoms with Crippen LogP contribution in [0.25, 0.3) is 0 Å². The second-order valence-electron chi connectivity index (χ2n) is 5.67. The molecule has 1 aromatic rings. The molecule has 1 aliphatic rings. The lowest BCUT2D eigenvalue weighted by Crippen LogP contribution is -2.30. The third-order valence-corrected chi connectivity index (χ3v) is 4.72. The number of anilines is 1. The summed E-state index contributed by atoms with van der Waals surface area (Å²) in [4.78, 5) is 12.3. The first kappa shape index (κ1) is 19.0. The van der Waals surface area contributed by atoms with Crippen molar-refractivity contribution in [1.82, 2.24) is 0 Å². The summed E-state index contributed by atoms with van der Waals surface area (Å²) in [6, 6.07) is 4.73. The summed E-state index contributed by atoms with van der Waals surface area (Å²) in [5.41, 5.74) is 5.92. The smallest absolute Gasteiger partial charge is 0.253 e. The summed E-state index contributed by atoms with van der Waals surface area (Å²) in [5, 5.41) is 3.15. The Balaban J connectivity index is 2.03. The van der Waals surface area contributed by atoms with Gasteiger partial charge in [-0.2, -0.15) is 0 Å². The fourth-order valence-corrected chi connectivity index (χ4v) is 2.87. The molecule has 0 spiro atoms. The average molecular weight is 377 g/mol. The van der Waals surface area contributed by atoms with Crippen LogP contribution in [0.4, 0.5) is 5.69 Å². The Morgan fingerprint density at radius 1 is 1.46 bits per heavy atom. The quantitative estimate of drug-likeness (QED) is 0.740. The van der Waals surface area contributed by atoms with E-state index in [-0.39, 0.29) is 24.4 Å². The van der Waals surface area contributed by atoms with Crippen LogP contribution in [0.5, 0.6) is 5.75 Å². The Kier molecular flexibility index (Phi) is 6.45. The van der Waals surface area contributed by atoms with Crippen LogP contribution < -0.4 is 15.8 Å². The molecule has 0 unspecified atom stereocenters. The highest BCUT2D eigenvalue weighted by Gasteiger charge is 2.30. The van der Waals surface area contributed by atoms with E-state index in [1.165, 1.54) is 0 Å². The van der Waals surface area contributed by atoms with Crippen molar-refractivity contribution >= 4 is 33.0 Å². The molecule has 1 amide bonds. The molecule has 0 saturated carbocycles. The number of amides is 1. The lowest BCUT2D eigenvalue weighted by atomic mass is 10.2. The van der Waals surface area contributed by atoms with Crippen molar-refractivity contribution in [2.24, 2.45) is 5.73 Å². The van der Waals surface area contributed by atoms with Gasteiger partial charge in [-0.25, -0.2) is 8.42 Å². The molecule has 1 aliphatic heterocycles. The molecular formula is C15H21ClN2O5S. The molecule has 1 heterocycles. The molecule has 1 saturated heterocycles. The maximum absolute atomic E-state index is 12.3. The molecule has 9 heteroatoms. The predicted octanol–water partition coefficient (Wildman–Crippen LogP) is 1.21. The molecule has 0 bridgehead atoms. The highest BCUT2D eigenvalue weighted by molar-refractivity contribution is 7.90. The van der Waals surface area contributed by atoms with E-state index in [1.54, 1.807) is 18.2 Å². The second kappa shape index (κ2) is 8.15. The number of benzene rings is 1. The summed E-state index contributed by atoms with van der Waals surface area (Å²) in [6.45, 7) is 0.360. The molecular weight excluding hydrogens is 356 g/mol. The topological polar surface area (TPSA) is 108 Å². The first-order valence-corrected chi connectivity index (χ1v) is 9.99. The van der Waals surface area contributed by atoms with Gasteiger partial charge in [-0.05, 0) is 31.0 Å². The van der Waals surface area contributed by atoms with E-state index in [1.807, 2.05) is 0 Å². The van der Waals surface area contributed by atoms with Crippen molar-refractivity contribution in [3.8, 4) is 5.75 Å². The molecule has 24 heavy (non-hydrogen) atoms. The minimum atomic E-state index is -3.13. The van der Waals surface area contributed by atoms with Crippen LogP contribution in [0.3, 0.4) is 0 Å². The summed E-state index contributed by atoms with van der Waals surface area (Å²) in [7, 11) is -3.13. The Bertz CT molecular complexity index is 695. The van der Waals surface area contributed by atoms with Crippen molar-refractivity contribution in [2.45, 2.75) is 25.0 Å². The van der Waals surface area contributed by atoms with Crippen LogP contribution in [0, 0.1) is 0 Å². The molecule has 1 fully saturated rings. The largest absolute Gasteiger partial charge is 0.490 e. The number of rotatable bonds is 7. The lowest BCUT2D eigenvalue weighted by Gasteiger charge is -2.16. The Labute approximate surface area is 146 Å². The standard InChI is InChI=1S/C15H21ClN2O5S/c1-24(20,21)7-6-22-13-4-2-10(16)8-12(13)18-15(19)14-5-3-11(9-17)23-14/h2,4,8,11,14H,3,5-7,9,17H2,1H3,(H,18,19)/t11-,14+/m1/s1. The summed E-state index contributed by atoms with van der Waals surface area (Å²) < 4.78 is 33.4. The summed E-state index contributed by atoms with van der Waals surface area (Å²) in [6.07, 6.45) is 1.79. The third kappa shape index (κ3) is 5.62. The Morgan fingerprint density at radius 3 is 2.83 bits per heavy atom. The fourth-order valence-electron chi connectivity index (χ4n) is 2.31. The zero-order valence-electron chi connectivity index (χ0n) is 13.3. The SMILES string of the molecule is CS(=O)(=O)CCOc1ccc(Cl)cc1NC(=O)[C@@H]1CC[C@H](CN)O1. The van der Waals surface area contributed by atoms with E-state index in [2.05, 4.69) is 5.32 Å². The Hall–Kier alpha value is -1.35. The van der Waals surface area contributed by atoms with Gasteiger partial charge in [0, 0.05) is 17.8 Å². The van der Waals surface area contributed by atoms with E-state index in [0.29, 0.717) is 29.4 Å². The van der Waals surface area contributed by atoms with Crippen LogP contribution in [-0.2, 0) is 19.4 Å². The van der Waals surface area contributed by atoms with E-state index in [0.717, 1.165) is 12.7 Å². The van der Waals surface area contributed by atoms with Gasteiger partial charge in [0.2, 0.25) is 0 Å². The number of sulfone groups is 1. The summed E-state index contributed by atoms with van der Waals surface area (Å²) >= 11 is 5.96. The third-order valence-electron chi connectivity index (χ3n) is 3.57. The first-order chi connectivity index (χ1) is 11.3. The van der Waals surface area contributed by atoms with Crippen LogP contribution in [0.15, 0.2) is 18.2 Å². The molecule has 7 nitrogen and oxygen atoms in total. The van der Waals surface area contributed by atoms with Crippen LogP contribution in [-0.4, -0.2) is 51.7 Å². The van der Waals surface area contributed by atoms with Crippen molar-refractivity contribution in [1.29, 1.82) is 0 Å². The zero-order chi connectivity index (χ0) is 17.7. The van der Waals surface area contributed by atoms with E-state index >= 15 is 0 Å². The van der Waals surface area contributed by atoms with Crippen LogP contribution >= 0.6 is 11.6 Å². The average Bonchev–Trinajstić information content (AvgIpc) is 2.97. The molecule has 0 radical (unpaired) electrons. The second-order valence-corrected chi connectivity index (χ2v) is 8.36. The maximum atomic E-state index is 12.3. The van der Waals surface area contributed by atoms with Gasteiger partial charge in [-0.15, -0.1) is 0 Å². The zero-order valence-corrected chi connectivity index (χ0v) is 14.9. The molecule has 3 N–H and O–H groups in total. The normalized spacial score (nSPS) is 20.8. The van der Waals surface area contributed by atoms with Crippen molar-refractivity contribution in [3.05, 3.63) is 23.2 Å². The molecule has 0 aromatic heterocycles. The Morgan fingerprint density at radius 2 is 2.21 bits per heavy atom. The van der Waals surface area contributed by atoms with Gasteiger partial charge in [-0.1, -0.05) is 11.6 Å². The fraction of sp³-hybridized carbons (Fsp3) is 0.533. The van der Waals surface area contributed by atoms with Gasteiger partial charge in [0.1, 0.15) is 18.5 Å². The van der Waals surface area contributed by atoms with E-state index in [9.17, 15) is 13.2 Å². The number of ether oxygens (including phenoxy) is 2. The monoisotopic (exact) mass is 376 g/mol.